The molecule has 2 aliphatic carbocycles. The average molecular weight is 437 g/mol. The molecule has 2 bridgehead atoms. The Balaban J connectivity index is 1.14. The maximum atomic E-state index is 12.9. The smallest absolute Gasteiger partial charge is 0.263 e. The molecule has 2 saturated carbocycles. The van der Waals surface area contributed by atoms with Gasteiger partial charge in [0.25, 0.3) is 5.91 Å². The van der Waals surface area contributed by atoms with E-state index in [-0.39, 0.29) is 17.7 Å². The van der Waals surface area contributed by atoms with Crippen molar-refractivity contribution >= 4 is 34.7 Å². The summed E-state index contributed by atoms with van der Waals surface area (Å²) >= 11 is 1.74. The Hall–Kier alpha value is -1.88. The molecule has 2 amide bonds. The Morgan fingerprint density at radius 3 is 2.61 bits per heavy atom. The molecular formula is C26H32N2O2S. The van der Waals surface area contributed by atoms with Crippen LogP contribution in [0, 0.1) is 23.7 Å². The standard InChI is InChI=1S/C26H32N2O2S/c1-26(25(30)27-23(31-26)17-21-16-19-7-9-20(21)15-19)22-11-13-28(14-12-22)24(29)10-8-18-5-3-2-4-6-18/h2-6,8,10,19-22H,7,9,11-17H2,1H3/b10-8+/t19-,20+,21-,26?/m1/s1. The minimum absolute atomic E-state index is 0.0596. The van der Waals surface area contributed by atoms with Crippen LogP contribution in [0.3, 0.4) is 0 Å². The highest BCUT2D eigenvalue weighted by molar-refractivity contribution is 8.16. The molecule has 1 aromatic rings. The summed E-state index contributed by atoms with van der Waals surface area (Å²) in [4.78, 5) is 32.0. The minimum Gasteiger partial charge on any atom is -0.339 e. The molecule has 2 heterocycles. The number of rotatable bonds is 5. The molecule has 4 nitrogen and oxygen atoms in total. The van der Waals surface area contributed by atoms with E-state index < -0.39 is 4.75 Å². The van der Waals surface area contributed by atoms with Gasteiger partial charge in [-0.2, -0.15) is 0 Å². The largest absolute Gasteiger partial charge is 0.339 e. The zero-order chi connectivity index (χ0) is 21.4. The van der Waals surface area contributed by atoms with Crippen molar-refractivity contribution in [1.82, 2.24) is 4.90 Å². The SMILES string of the molecule is CC1(C2CCN(C(=O)/C=C/c3ccccc3)CC2)SC(C[C@H]2C[C@@H]3CC[C@H]2C3)=NC1=O. The van der Waals surface area contributed by atoms with Gasteiger partial charge >= 0.3 is 0 Å². The first-order valence-corrected chi connectivity index (χ1v) is 12.7. The van der Waals surface area contributed by atoms with E-state index in [1.54, 1.807) is 17.8 Å². The van der Waals surface area contributed by atoms with E-state index in [0.29, 0.717) is 13.1 Å². The first-order chi connectivity index (χ1) is 15.0. The topological polar surface area (TPSA) is 49.7 Å². The number of nitrogens with zero attached hydrogens (tertiary/aromatic N) is 2. The first kappa shape index (κ1) is 21.0. The van der Waals surface area contributed by atoms with E-state index in [2.05, 4.69) is 11.9 Å². The predicted molar refractivity (Wildman–Crippen MR) is 127 cm³/mol. The fourth-order valence-electron chi connectivity index (χ4n) is 6.22. The predicted octanol–water partition coefficient (Wildman–Crippen LogP) is 5.20. The lowest BCUT2D eigenvalue weighted by molar-refractivity contribution is -0.127. The highest BCUT2D eigenvalue weighted by Gasteiger charge is 2.49. The third kappa shape index (κ3) is 4.26. The van der Waals surface area contributed by atoms with E-state index in [9.17, 15) is 9.59 Å². The van der Waals surface area contributed by atoms with Gasteiger partial charge in [-0.3, -0.25) is 9.59 Å². The second-order valence-corrected chi connectivity index (χ2v) is 11.5. The molecule has 3 fully saturated rings. The number of amides is 2. The number of hydrogen-bond donors (Lipinski definition) is 0. The Morgan fingerprint density at radius 1 is 1.16 bits per heavy atom. The number of thioether (sulfide) groups is 1. The number of piperidine rings is 1. The number of likely N-dealkylation sites (tertiary alicyclic amines) is 1. The van der Waals surface area contributed by atoms with E-state index >= 15 is 0 Å². The van der Waals surface area contributed by atoms with Crippen LogP contribution in [0.2, 0.25) is 0 Å². The van der Waals surface area contributed by atoms with Crippen LogP contribution in [0.4, 0.5) is 0 Å². The summed E-state index contributed by atoms with van der Waals surface area (Å²) in [5.74, 6) is 2.95. The molecule has 4 aliphatic rings. The first-order valence-electron chi connectivity index (χ1n) is 11.8. The van der Waals surface area contributed by atoms with Crippen LogP contribution in [0.5, 0.6) is 0 Å². The van der Waals surface area contributed by atoms with Crippen molar-refractivity contribution in [3.8, 4) is 0 Å². The maximum Gasteiger partial charge on any atom is 0.263 e. The summed E-state index contributed by atoms with van der Waals surface area (Å²) in [6.07, 6.45) is 11.8. The molecule has 4 atom stereocenters. The molecular weight excluding hydrogens is 404 g/mol. The van der Waals surface area contributed by atoms with Gasteiger partial charge in [-0.1, -0.05) is 48.5 Å². The Bertz CT molecular complexity index is 903. The molecule has 1 unspecified atom stereocenters. The Kier molecular flexibility index (Phi) is 5.80. The van der Waals surface area contributed by atoms with Gasteiger partial charge in [-0.05, 0) is 80.8 Å². The summed E-state index contributed by atoms with van der Waals surface area (Å²) in [5.41, 5.74) is 1.03. The van der Waals surface area contributed by atoms with E-state index in [4.69, 9.17) is 0 Å². The summed E-state index contributed by atoms with van der Waals surface area (Å²) in [6.45, 7) is 3.52. The van der Waals surface area contributed by atoms with Crippen molar-refractivity contribution in [2.45, 2.75) is 56.6 Å². The van der Waals surface area contributed by atoms with Crippen LogP contribution in [-0.4, -0.2) is 39.6 Å². The van der Waals surface area contributed by atoms with E-state index in [0.717, 1.165) is 47.6 Å². The van der Waals surface area contributed by atoms with Crippen LogP contribution in [0.25, 0.3) is 6.08 Å². The summed E-state index contributed by atoms with van der Waals surface area (Å²) in [6, 6.07) is 9.91. The van der Waals surface area contributed by atoms with Gasteiger partial charge in [0.05, 0.1) is 5.04 Å². The number of aliphatic imine (C=N–C) groups is 1. The number of fused-ring (bicyclic) bond motifs is 2. The van der Waals surface area contributed by atoms with Crippen LogP contribution in [-0.2, 0) is 9.59 Å². The number of benzene rings is 1. The lowest BCUT2D eigenvalue weighted by atomic mass is 9.84. The molecule has 5 rings (SSSR count). The summed E-state index contributed by atoms with van der Waals surface area (Å²) in [5, 5.41) is 1.08. The van der Waals surface area contributed by atoms with Crippen molar-refractivity contribution in [3.63, 3.8) is 0 Å². The van der Waals surface area contributed by atoms with Gasteiger partial charge in [0.2, 0.25) is 5.91 Å². The third-order valence-electron chi connectivity index (χ3n) is 8.11. The molecule has 0 radical (unpaired) electrons. The second-order valence-electron chi connectivity index (χ2n) is 10.0. The van der Waals surface area contributed by atoms with Gasteiger partial charge in [-0.15, -0.1) is 0 Å². The molecule has 1 aromatic carbocycles. The fourth-order valence-corrected chi connectivity index (χ4v) is 7.67. The van der Waals surface area contributed by atoms with Crippen LogP contribution < -0.4 is 0 Å². The molecule has 31 heavy (non-hydrogen) atoms. The molecule has 5 heteroatoms. The maximum absolute atomic E-state index is 12.9. The lowest BCUT2D eigenvalue weighted by Gasteiger charge is -2.38. The Morgan fingerprint density at radius 2 is 1.94 bits per heavy atom. The highest BCUT2D eigenvalue weighted by atomic mass is 32.2. The highest BCUT2D eigenvalue weighted by Crippen LogP contribution is 2.52. The van der Waals surface area contributed by atoms with Crippen molar-refractivity contribution in [2.75, 3.05) is 13.1 Å². The second kappa shape index (κ2) is 8.57. The molecule has 0 aromatic heterocycles. The van der Waals surface area contributed by atoms with Crippen LogP contribution in [0.15, 0.2) is 41.4 Å². The van der Waals surface area contributed by atoms with Gasteiger partial charge in [0.15, 0.2) is 0 Å². The lowest BCUT2D eigenvalue weighted by Crippen LogP contribution is -2.45. The summed E-state index contributed by atoms with van der Waals surface area (Å²) < 4.78 is -0.442. The van der Waals surface area contributed by atoms with Crippen molar-refractivity contribution in [1.29, 1.82) is 0 Å². The van der Waals surface area contributed by atoms with Gasteiger partial charge in [-0.25, -0.2) is 4.99 Å². The quantitative estimate of drug-likeness (QED) is 0.597. The monoisotopic (exact) mass is 436 g/mol. The van der Waals surface area contributed by atoms with Crippen LogP contribution >= 0.6 is 11.8 Å². The van der Waals surface area contributed by atoms with Crippen molar-refractivity contribution in [3.05, 3.63) is 42.0 Å². The third-order valence-corrected chi connectivity index (χ3v) is 9.53. The number of carbonyl (C=O) groups excluding carboxylic acids is 2. The van der Waals surface area contributed by atoms with Gasteiger partial charge < -0.3 is 4.90 Å². The van der Waals surface area contributed by atoms with Crippen molar-refractivity contribution < 1.29 is 9.59 Å². The van der Waals surface area contributed by atoms with Crippen LogP contribution in [0.1, 0.15) is 57.4 Å². The average Bonchev–Trinajstić information content (AvgIpc) is 3.48. The molecule has 1 saturated heterocycles. The molecule has 0 N–H and O–H groups in total. The molecule has 0 spiro atoms. The zero-order valence-electron chi connectivity index (χ0n) is 18.3. The van der Waals surface area contributed by atoms with E-state index in [1.807, 2.05) is 41.3 Å². The van der Waals surface area contributed by atoms with Gasteiger partial charge in [0, 0.05) is 19.2 Å². The number of hydrogen-bond acceptors (Lipinski definition) is 3. The van der Waals surface area contributed by atoms with E-state index in [1.165, 1.54) is 25.7 Å². The Labute approximate surface area is 189 Å². The number of carbonyl (C=O) groups is 2. The molecule has 2 aliphatic heterocycles. The summed E-state index contributed by atoms with van der Waals surface area (Å²) in [7, 11) is 0. The fraction of sp³-hybridized carbons (Fsp3) is 0.577. The molecule has 164 valence electrons. The van der Waals surface area contributed by atoms with Gasteiger partial charge in [0.1, 0.15) is 4.75 Å². The normalized spacial score (nSPS) is 33.5. The van der Waals surface area contributed by atoms with Crippen molar-refractivity contribution in [2.24, 2.45) is 28.7 Å². The minimum atomic E-state index is -0.442. The zero-order valence-corrected chi connectivity index (χ0v) is 19.2.